The highest BCUT2D eigenvalue weighted by molar-refractivity contribution is 5.99. The zero-order chi connectivity index (χ0) is 14.5. The number of rotatable bonds is 5. The van der Waals surface area contributed by atoms with Crippen molar-refractivity contribution in [2.24, 2.45) is 0 Å². The molecule has 3 heteroatoms. The van der Waals surface area contributed by atoms with Crippen molar-refractivity contribution in [3.8, 4) is 0 Å². The zero-order valence-electron chi connectivity index (χ0n) is 11.2. The Morgan fingerprint density at radius 1 is 1.00 bits per heavy atom. The highest BCUT2D eigenvalue weighted by Gasteiger charge is 2.18. The van der Waals surface area contributed by atoms with Crippen LogP contribution < -0.4 is 0 Å². The van der Waals surface area contributed by atoms with Crippen molar-refractivity contribution < 1.29 is 14.7 Å². The number of carbonyl (C=O) groups excluding carboxylic acids is 2. The van der Waals surface area contributed by atoms with Crippen LogP contribution in [-0.2, 0) is 11.2 Å². The van der Waals surface area contributed by atoms with Gasteiger partial charge in [0.1, 0.15) is 11.9 Å². The molecule has 0 aliphatic carbocycles. The van der Waals surface area contributed by atoms with Gasteiger partial charge in [-0.25, -0.2) is 0 Å². The third-order valence-corrected chi connectivity index (χ3v) is 3.06. The number of carbonyl (C=O) groups is 2. The molecule has 0 amide bonds. The second kappa shape index (κ2) is 6.26. The van der Waals surface area contributed by atoms with Crippen molar-refractivity contribution in [1.82, 2.24) is 0 Å². The van der Waals surface area contributed by atoms with Crippen LogP contribution in [0, 0.1) is 0 Å². The summed E-state index contributed by atoms with van der Waals surface area (Å²) in [4.78, 5) is 23.1. The molecule has 0 spiro atoms. The lowest BCUT2D eigenvalue weighted by molar-refractivity contribution is -0.116. The minimum atomic E-state index is -1.18. The van der Waals surface area contributed by atoms with Crippen molar-refractivity contribution in [3.05, 3.63) is 71.3 Å². The summed E-state index contributed by atoms with van der Waals surface area (Å²) in [5.41, 5.74) is 1.89. The summed E-state index contributed by atoms with van der Waals surface area (Å²) in [6, 6.07) is 15.6. The van der Waals surface area contributed by atoms with Gasteiger partial charge in [-0.15, -0.1) is 0 Å². The lowest BCUT2D eigenvalue weighted by Crippen LogP contribution is -2.12. The molecule has 1 atom stereocenters. The van der Waals surface area contributed by atoms with Crippen LogP contribution in [-0.4, -0.2) is 16.7 Å². The van der Waals surface area contributed by atoms with Gasteiger partial charge in [0.2, 0.25) is 0 Å². The molecule has 1 unspecified atom stereocenters. The summed E-state index contributed by atoms with van der Waals surface area (Å²) in [6.45, 7) is 1.53. The third kappa shape index (κ3) is 3.39. The van der Waals surface area contributed by atoms with E-state index in [9.17, 15) is 14.7 Å². The minimum absolute atomic E-state index is 0.0821. The lowest BCUT2D eigenvalue weighted by atomic mass is 9.98. The molecule has 2 aromatic carbocycles. The molecular formula is C17H16O3. The van der Waals surface area contributed by atoms with Gasteiger partial charge < -0.3 is 5.11 Å². The van der Waals surface area contributed by atoms with E-state index in [4.69, 9.17) is 0 Å². The van der Waals surface area contributed by atoms with E-state index in [0.717, 1.165) is 5.56 Å². The van der Waals surface area contributed by atoms with Crippen LogP contribution in [0.1, 0.15) is 34.5 Å². The van der Waals surface area contributed by atoms with Crippen LogP contribution in [0.15, 0.2) is 54.6 Å². The molecule has 0 heterocycles. The van der Waals surface area contributed by atoms with Gasteiger partial charge in [0.05, 0.1) is 0 Å². The Labute approximate surface area is 117 Å². The Bertz CT molecular complexity index is 600. The van der Waals surface area contributed by atoms with E-state index in [1.807, 2.05) is 6.07 Å². The predicted molar refractivity (Wildman–Crippen MR) is 76.6 cm³/mol. The molecule has 20 heavy (non-hydrogen) atoms. The monoisotopic (exact) mass is 268 g/mol. The molecule has 0 aliphatic rings. The second-order valence-electron chi connectivity index (χ2n) is 4.75. The Hall–Kier alpha value is -2.26. The fraction of sp³-hybridized carbons (Fsp3) is 0.176. The van der Waals surface area contributed by atoms with Crippen molar-refractivity contribution in [3.63, 3.8) is 0 Å². The fourth-order valence-corrected chi connectivity index (χ4v) is 2.02. The minimum Gasteiger partial charge on any atom is -0.380 e. The second-order valence-corrected chi connectivity index (χ2v) is 4.75. The number of benzene rings is 2. The normalized spacial score (nSPS) is 11.9. The summed E-state index contributed by atoms with van der Waals surface area (Å²) >= 11 is 0. The van der Waals surface area contributed by atoms with Gasteiger partial charge in [0.15, 0.2) is 5.78 Å². The number of hydrogen-bond acceptors (Lipinski definition) is 3. The molecule has 0 aliphatic heterocycles. The highest BCUT2D eigenvalue weighted by Crippen LogP contribution is 2.19. The topological polar surface area (TPSA) is 54.4 Å². The maximum Gasteiger partial charge on any atom is 0.195 e. The Morgan fingerprint density at radius 2 is 1.60 bits per heavy atom. The lowest BCUT2D eigenvalue weighted by Gasteiger charge is -2.10. The number of hydrogen-bond donors (Lipinski definition) is 1. The molecule has 3 nitrogen and oxygen atoms in total. The first-order valence-corrected chi connectivity index (χ1v) is 6.43. The van der Waals surface area contributed by atoms with Gasteiger partial charge in [0.25, 0.3) is 0 Å². The molecule has 0 bridgehead atoms. The average Bonchev–Trinajstić information content (AvgIpc) is 2.47. The maximum atomic E-state index is 12.1. The van der Waals surface area contributed by atoms with Crippen LogP contribution in [0.2, 0.25) is 0 Å². The summed E-state index contributed by atoms with van der Waals surface area (Å²) < 4.78 is 0. The molecular weight excluding hydrogens is 252 g/mol. The van der Waals surface area contributed by atoms with E-state index >= 15 is 0 Å². The van der Waals surface area contributed by atoms with Crippen LogP contribution in [0.4, 0.5) is 0 Å². The van der Waals surface area contributed by atoms with Crippen LogP contribution in [0.25, 0.3) is 0 Å². The smallest absolute Gasteiger partial charge is 0.195 e. The fourth-order valence-electron chi connectivity index (χ4n) is 2.02. The van der Waals surface area contributed by atoms with Crippen molar-refractivity contribution >= 4 is 11.6 Å². The Balaban J connectivity index is 2.15. The molecule has 0 aromatic heterocycles. The summed E-state index contributed by atoms with van der Waals surface area (Å²) in [6.07, 6.45) is -0.813. The maximum absolute atomic E-state index is 12.1. The van der Waals surface area contributed by atoms with E-state index < -0.39 is 6.10 Å². The van der Waals surface area contributed by atoms with Crippen molar-refractivity contribution in [2.75, 3.05) is 0 Å². The molecule has 2 rings (SSSR count). The van der Waals surface area contributed by atoms with Gasteiger partial charge in [-0.2, -0.15) is 0 Å². The van der Waals surface area contributed by atoms with Crippen LogP contribution in [0.3, 0.4) is 0 Å². The molecule has 1 N–H and O–H groups in total. The van der Waals surface area contributed by atoms with E-state index in [-0.39, 0.29) is 11.6 Å². The SMILES string of the molecule is CC(=O)Cc1ccc(C(O)C(=O)c2ccccc2)cc1. The first-order valence-electron chi connectivity index (χ1n) is 6.43. The average molecular weight is 268 g/mol. The summed E-state index contributed by atoms with van der Waals surface area (Å²) in [5, 5.41) is 10.1. The van der Waals surface area contributed by atoms with Gasteiger partial charge in [-0.3, -0.25) is 9.59 Å². The molecule has 0 saturated carbocycles. The van der Waals surface area contributed by atoms with E-state index in [1.165, 1.54) is 6.92 Å². The van der Waals surface area contributed by atoms with Crippen molar-refractivity contribution in [1.29, 1.82) is 0 Å². The van der Waals surface area contributed by atoms with E-state index in [2.05, 4.69) is 0 Å². The quantitative estimate of drug-likeness (QED) is 0.848. The van der Waals surface area contributed by atoms with Crippen LogP contribution >= 0.6 is 0 Å². The number of aliphatic hydroxyl groups excluding tert-OH is 1. The highest BCUT2D eigenvalue weighted by atomic mass is 16.3. The van der Waals surface area contributed by atoms with Gasteiger partial charge in [-0.1, -0.05) is 54.6 Å². The Kier molecular flexibility index (Phi) is 4.43. The summed E-state index contributed by atoms with van der Waals surface area (Å²) in [7, 11) is 0. The van der Waals surface area contributed by atoms with E-state index in [0.29, 0.717) is 17.5 Å². The van der Waals surface area contributed by atoms with Gasteiger partial charge in [-0.05, 0) is 18.1 Å². The largest absolute Gasteiger partial charge is 0.380 e. The number of aliphatic hydroxyl groups is 1. The summed E-state index contributed by atoms with van der Waals surface area (Å²) in [5.74, 6) is -0.247. The van der Waals surface area contributed by atoms with Gasteiger partial charge >= 0.3 is 0 Å². The first kappa shape index (κ1) is 14.2. The molecule has 0 saturated heterocycles. The standard InChI is InChI=1S/C17H16O3/c1-12(18)11-13-7-9-15(10-8-13)17(20)16(19)14-5-3-2-4-6-14/h2-10,17,20H,11H2,1H3. The molecule has 2 aromatic rings. The number of Topliss-reactive ketones (excluding diaryl/α,β-unsaturated/α-hetero) is 2. The third-order valence-electron chi connectivity index (χ3n) is 3.06. The molecule has 0 radical (unpaired) electrons. The first-order chi connectivity index (χ1) is 9.58. The van der Waals surface area contributed by atoms with Gasteiger partial charge in [0, 0.05) is 12.0 Å². The zero-order valence-corrected chi connectivity index (χ0v) is 11.2. The van der Waals surface area contributed by atoms with Crippen LogP contribution in [0.5, 0.6) is 0 Å². The Morgan fingerprint density at radius 3 is 2.15 bits per heavy atom. The molecule has 0 fully saturated rings. The number of ketones is 2. The van der Waals surface area contributed by atoms with E-state index in [1.54, 1.807) is 48.5 Å². The van der Waals surface area contributed by atoms with Crippen molar-refractivity contribution in [2.45, 2.75) is 19.4 Å². The molecule has 102 valence electrons. The predicted octanol–water partition coefficient (Wildman–Crippen LogP) is 2.73.